The molecule has 0 aromatic carbocycles. The fourth-order valence-electron chi connectivity index (χ4n) is 0.594. The summed E-state index contributed by atoms with van der Waals surface area (Å²) in [5, 5.41) is 10.5. The van der Waals surface area contributed by atoms with Crippen LogP contribution in [0.2, 0.25) is 0 Å². The first kappa shape index (κ1) is 6.42. The molecule has 0 unspecified atom stereocenters. The molecule has 1 aromatic heterocycles. The minimum atomic E-state index is 0.614. The van der Waals surface area contributed by atoms with Crippen LogP contribution in [0.25, 0.3) is 0 Å². The number of nitrogens with zero attached hydrogens (tertiary/aromatic N) is 1. The summed E-state index contributed by atoms with van der Waals surface area (Å²) >= 11 is 4.01. The van der Waals surface area contributed by atoms with E-state index in [-0.39, 0.29) is 0 Å². The van der Waals surface area contributed by atoms with Crippen LogP contribution in [-0.4, -0.2) is 0 Å². The maximum Gasteiger partial charge on any atom is 0.184 e. The van der Waals surface area contributed by atoms with Crippen LogP contribution in [0.3, 0.4) is 0 Å². The molecule has 3 heteroatoms. The lowest BCUT2D eigenvalue weighted by atomic mass is 10.3. The zero-order valence-electron chi connectivity index (χ0n) is 4.82. The Bertz CT molecular complexity index is 202. The monoisotopic (exact) mass is 141 g/mol. The highest BCUT2D eigenvalue weighted by molar-refractivity contribution is 7.79. The van der Waals surface area contributed by atoms with Crippen LogP contribution in [0.15, 0.2) is 24.5 Å². The van der Waals surface area contributed by atoms with Crippen molar-refractivity contribution in [2.75, 3.05) is 0 Å². The summed E-state index contributed by atoms with van der Waals surface area (Å²) in [6.45, 7) is 0. The Kier molecular flexibility index (Phi) is 1.95. The molecule has 0 spiro atoms. The number of rotatable bonds is 1. The number of aromatic nitrogens is 1. The molecule has 0 bridgehead atoms. The van der Waals surface area contributed by atoms with E-state index < -0.39 is 0 Å². The van der Waals surface area contributed by atoms with Crippen LogP contribution in [0.1, 0.15) is 5.56 Å². The Hall–Kier alpha value is -0.700. The fraction of sp³-hybridized carbons (Fsp3) is 0.167. The van der Waals surface area contributed by atoms with Gasteiger partial charge in [-0.05, 0) is 6.07 Å². The molecule has 1 heterocycles. The Morgan fingerprint density at radius 3 is 2.89 bits per heavy atom. The van der Waals surface area contributed by atoms with Gasteiger partial charge in [0.1, 0.15) is 0 Å². The lowest BCUT2D eigenvalue weighted by molar-refractivity contribution is -0.605. The van der Waals surface area contributed by atoms with Gasteiger partial charge in [0, 0.05) is 17.4 Å². The summed E-state index contributed by atoms with van der Waals surface area (Å²) in [6, 6.07) is 3.57. The molecular formula is C6H7NOS. The van der Waals surface area contributed by atoms with Gasteiger partial charge in [-0.15, -0.1) is 0 Å². The molecule has 0 atom stereocenters. The van der Waals surface area contributed by atoms with Crippen LogP contribution in [-0.2, 0) is 5.75 Å². The van der Waals surface area contributed by atoms with Crippen molar-refractivity contribution in [1.29, 1.82) is 0 Å². The Morgan fingerprint density at radius 1 is 1.67 bits per heavy atom. The second kappa shape index (κ2) is 2.73. The molecule has 1 rings (SSSR count). The van der Waals surface area contributed by atoms with Crippen molar-refractivity contribution in [3.05, 3.63) is 35.3 Å². The molecule has 0 aliphatic carbocycles. The lowest BCUT2D eigenvalue weighted by Crippen LogP contribution is -2.24. The molecule has 0 saturated heterocycles. The average molecular weight is 141 g/mol. The van der Waals surface area contributed by atoms with Crippen LogP contribution in [0.4, 0.5) is 0 Å². The first-order valence-corrected chi connectivity index (χ1v) is 3.25. The molecule has 2 nitrogen and oxygen atoms in total. The maximum atomic E-state index is 10.5. The van der Waals surface area contributed by atoms with Gasteiger partial charge in [0.25, 0.3) is 0 Å². The molecule has 0 N–H and O–H groups in total. The van der Waals surface area contributed by atoms with E-state index in [0.717, 1.165) is 10.3 Å². The number of hydrogen-bond donors (Lipinski definition) is 1. The highest BCUT2D eigenvalue weighted by atomic mass is 32.1. The predicted octanol–water partition coefficient (Wildman–Crippen LogP) is 0.750. The predicted molar refractivity (Wildman–Crippen MR) is 38.1 cm³/mol. The molecule has 9 heavy (non-hydrogen) atoms. The van der Waals surface area contributed by atoms with Gasteiger partial charge >= 0.3 is 0 Å². The summed E-state index contributed by atoms with van der Waals surface area (Å²) in [4.78, 5) is 0. The minimum Gasteiger partial charge on any atom is -0.619 e. The summed E-state index contributed by atoms with van der Waals surface area (Å²) in [5.74, 6) is 0.614. The second-order valence-electron chi connectivity index (χ2n) is 1.73. The minimum absolute atomic E-state index is 0.614. The van der Waals surface area contributed by atoms with Gasteiger partial charge in [-0.25, -0.2) is 0 Å². The van der Waals surface area contributed by atoms with Crippen molar-refractivity contribution < 1.29 is 4.73 Å². The van der Waals surface area contributed by atoms with Crippen molar-refractivity contribution in [1.82, 2.24) is 0 Å². The largest absolute Gasteiger partial charge is 0.619 e. The van der Waals surface area contributed by atoms with Crippen molar-refractivity contribution >= 4 is 12.6 Å². The van der Waals surface area contributed by atoms with E-state index in [1.165, 1.54) is 12.4 Å². The third-order valence-corrected chi connectivity index (χ3v) is 1.38. The van der Waals surface area contributed by atoms with Crippen molar-refractivity contribution in [2.24, 2.45) is 0 Å². The molecule has 0 aliphatic rings. The molecule has 0 aliphatic heterocycles. The van der Waals surface area contributed by atoms with Gasteiger partial charge in [-0.1, -0.05) is 0 Å². The van der Waals surface area contributed by atoms with Crippen LogP contribution >= 0.6 is 12.6 Å². The van der Waals surface area contributed by atoms with Gasteiger partial charge in [0.2, 0.25) is 0 Å². The summed E-state index contributed by atoms with van der Waals surface area (Å²) in [7, 11) is 0. The molecule has 0 amide bonds. The Labute approximate surface area is 59.1 Å². The van der Waals surface area contributed by atoms with Crippen molar-refractivity contribution in [2.45, 2.75) is 5.75 Å². The van der Waals surface area contributed by atoms with Crippen molar-refractivity contribution in [3.8, 4) is 0 Å². The summed E-state index contributed by atoms with van der Waals surface area (Å²) in [6.07, 6.45) is 2.96. The zero-order valence-corrected chi connectivity index (χ0v) is 5.71. The van der Waals surface area contributed by atoms with Gasteiger partial charge in [-0.2, -0.15) is 17.4 Å². The van der Waals surface area contributed by atoms with Crippen LogP contribution < -0.4 is 4.73 Å². The SMILES string of the molecule is [O-][n+]1cccc(CS)c1. The third kappa shape index (κ3) is 1.61. The zero-order chi connectivity index (χ0) is 6.69. The number of thiol groups is 1. The van der Waals surface area contributed by atoms with E-state index in [1.807, 2.05) is 6.07 Å². The van der Waals surface area contributed by atoms with E-state index in [0.29, 0.717) is 5.75 Å². The highest BCUT2D eigenvalue weighted by Gasteiger charge is 1.90. The van der Waals surface area contributed by atoms with E-state index in [9.17, 15) is 5.21 Å². The number of hydrogen-bond acceptors (Lipinski definition) is 2. The van der Waals surface area contributed by atoms with Gasteiger partial charge in [0.15, 0.2) is 12.4 Å². The topological polar surface area (TPSA) is 26.9 Å². The average Bonchev–Trinajstić information content (AvgIpc) is 1.88. The smallest absolute Gasteiger partial charge is 0.184 e. The Balaban J connectivity index is 2.94. The molecule has 0 saturated carbocycles. The van der Waals surface area contributed by atoms with Crippen molar-refractivity contribution in [3.63, 3.8) is 0 Å². The Morgan fingerprint density at radius 2 is 2.44 bits per heavy atom. The first-order valence-electron chi connectivity index (χ1n) is 2.61. The maximum absolute atomic E-state index is 10.5. The van der Waals surface area contributed by atoms with E-state index in [1.54, 1.807) is 6.07 Å². The molecule has 0 fully saturated rings. The quantitative estimate of drug-likeness (QED) is 0.349. The van der Waals surface area contributed by atoms with Gasteiger partial charge < -0.3 is 5.21 Å². The van der Waals surface area contributed by atoms with Crippen LogP contribution in [0, 0.1) is 5.21 Å². The molecule has 1 aromatic rings. The molecular weight excluding hydrogens is 134 g/mol. The summed E-state index contributed by atoms with van der Waals surface area (Å²) < 4.78 is 0.769. The third-order valence-electron chi connectivity index (χ3n) is 1.02. The van der Waals surface area contributed by atoms with E-state index in [4.69, 9.17) is 0 Å². The highest BCUT2D eigenvalue weighted by Crippen LogP contribution is 1.96. The van der Waals surface area contributed by atoms with E-state index in [2.05, 4.69) is 12.6 Å². The fourth-order valence-corrected chi connectivity index (χ4v) is 0.782. The standard InChI is InChI=1S/C6H7NOS/c8-7-3-1-2-6(4-7)5-9/h1-4,9H,5H2. The molecule has 48 valence electrons. The second-order valence-corrected chi connectivity index (χ2v) is 2.05. The number of pyridine rings is 1. The lowest BCUT2D eigenvalue weighted by Gasteiger charge is -1.95. The normalized spacial score (nSPS) is 9.44. The van der Waals surface area contributed by atoms with Gasteiger partial charge in [-0.3, -0.25) is 0 Å². The summed E-state index contributed by atoms with van der Waals surface area (Å²) in [5.41, 5.74) is 0.941. The van der Waals surface area contributed by atoms with E-state index >= 15 is 0 Å². The van der Waals surface area contributed by atoms with Crippen LogP contribution in [0.5, 0.6) is 0 Å². The van der Waals surface area contributed by atoms with Gasteiger partial charge in [0.05, 0.1) is 0 Å². The first-order chi connectivity index (χ1) is 4.33. The molecule has 0 radical (unpaired) electrons.